The number of hydrogen-bond donors (Lipinski definition) is 2. The summed E-state index contributed by atoms with van der Waals surface area (Å²) < 4.78 is 1.14. The maximum absolute atomic E-state index is 4.01. The molecule has 0 fully saturated rings. The third-order valence-electron chi connectivity index (χ3n) is 2.53. The normalized spacial score (nSPS) is 10.9. The highest BCUT2D eigenvalue weighted by molar-refractivity contribution is 9.10. The number of anilines is 1. The zero-order valence-corrected chi connectivity index (χ0v) is 11.3. The third kappa shape index (κ3) is 2.35. The van der Waals surface area contributed by atoms with Crippen LogP contribution in [0.1, 0.15) is 4.88 Å². The minimum absolute atomic E-state index is 0.843. The molecule has 3 rings (SSSR count). The van der Waals surface area contributed by atoms with Gasteiger partial charge in [0, 0.05) is 32.3 Å². The predicted octanol–water partition coefficient (Wildman–Crippen LogP) is 4.00. The van der Waals surface area contributed by atoms with Crippen molar-refractivity contribution in [2.24, 2.45) is 0 Å². The minimum Gasteiger partial charge on any atom is -0.380 e. The summed E-state index contributed by atoms with van der Waals surface area (Å²) in [7, 11) is 0. The monoisotopic (exact) mass is 307 g/mol. The van der Waals surface area contributed by atoms with Gasteiger partial charge in [-0.2, -0.15) is 5.10 Å². The zero-order valence-electron chi connectivity index (χ0n) is 8.90. The van der Waals surface area contributed by atoms with Crippen molar-refractivity contribution in [1.29, 1.82) is 0 Å². The number of H-pyrrole nitrogens is 1. The Morgan fingerprint density at radius 3 is 3.12 bits per heavy atom. The Morgan fingerprint density at radius 1 is 1.35 bits per heavy atom. The second-order valence-corrected chi connectivity index (χ2v) is 5.67. The number of nitrogens with zero attached hydrogens (tertiary/aromatic N) is 1. The van der Waals surface area contributed by atoms with Gasteiger partial charge in [-0.3, -0.25) is 5.10 Å². The van der Waals surface area contributed by atoms with Gasteiger partial charge >= 0.3 is 0 Å². The van der Waals surface area contributed by atoms with Gasteiger partial charge < -0.3 is 5.32 Å². The van der Waals surface area contributed by atoms with E-state index in [2.05, 4.69) is 61.1 Å². The quantitative estimate of drug-likeness (QED) is 0.768. The van der Waals surface area contributed by atoms with Crippen LogP contribution in [0.15, 0.2) is 40.3 Å². The van der Waals surface area contributed by atoms with Crippen molar-refractivity contribution in [3.8, 4) is 0 Å². The highest BCUT2D eigenvalue weighted by Gasteiger charge is 2.00. The smallest absolute Gasteiger partial charge is 0.0670 e. The Labute approximate surface area is 111 Å². The fourth-order valence-electron chi connectivity index (χ4n) is 1.68. The molecule has 17 heavy (non-hydrogen) atoms. The van der Waals surface area contributed by atoms with Crippen molar-refractivity contribution in [1.82, 2.24) is 10.2 Å². The van der Waals surface area contributed by atoms with E-state index in [9.17, 15) is 0 Å². The first-order valence-corrected chi connectivity index (χ1v) is 6.88. The molecular formula is C12H10BrN3S. The summed E-state index contributed by atoms with van der Waals surface area (Å²) in [6, 6.07) is 8.34. The molecule has 86 valence electrons. The SMILES string of the molecule is Brc1csc(CNc2ccc3cn[nH]c3c2)c1. The van der Waals surface area contributed by atoms with Crippen LogP contribution in [0.5, 0.6) is 0 Å². The van der Waals surface area contributed by atoms with Crippen LogP contribution >= 0.6 is 27.3 Å². The van der Waals surface area contributed by atoms with Gasteiger partial charge in [0.1, 0.15) is 0 Å². The maximum atomic E-state index is 4.01. The molecule has 1 aromatic carbocycles. The van der Waals surface area contributed by atoms with Gasteiger partial charge in [0.15, 0.2) is 0 Å². The lowest BCUT2D eigenvalue weighted by Crippen LogP contribution is -1.96. The van der Waals surface area contributed by atoms with Crippen molar-refractivity contribution in [2.75, 3.05) is 5.32 Å². The Hall–Kier alpha value is -1.33. The van der Waals surface area contributed by atoms with E-state index in [4.69, 9.17) is 0 Å². The topological polar surface area (TPSA) is 40.7 Å². The highest BCUT2D eigenvalue weighted by atomic mass is 79.9. The van der Waals surface area contributed by atoms with Crippen LogP contribution in [-0.4, -0.2) is 10.2 Å². The number of aromatic amines is 1. The Kier molecular flexibility index (Phi) is 2.86. The second-order valence-electron chi connectivity index (χ2n) is 3.76. The molecule has 0 atom stereocenters. The molecule has 0 aliphatic carbocycles. The summed E-state index contributed by atoms with van der Waals surface area (Å²) in [6.07, 6.45) is 1.83. The summed E-state index contributed by atoms with van der Waals surface area (Å²) in [5, 5.41) is 13.6. The van der Waals surface area contributed by atoms with Crippen molar-refractivity contribution in [3.05, 3.63) is 45.2 Å². The molecule has 0 radical (unpaired) electrons. The van der Waals surface area contributed by atoms with Gasteiger partial charge in [0.05, 0.1) is 11.7 Å². The molecule has 0 aliphatic rings. The third-order valence-corrected chi connectivity index (χ3v) is 4.23. The average molecular weight is 308 g/mol. The van der Waals surface area contributed by atoms with Gasteiger partial charge in [-0.05, 0) is 40.2 Å². The lowest BCUT2D eigenvalue weighted by atomic mass is 10.2. The molecule has 0 bridgehead atoms. The van der Waals surface area contributed by atoms with Crippen LogP contribution in [0, 0.1) is 0 Å². The highest BCUT2D eigenvalue weighted by Crippen LogP contribution is 2.22. The molecule has 3 aromatic rings. The Balaban J connectivity index is 1.76. The molecule has 0 spiro atoms. The molecule has 0 saturated heterocycles. The first-order chi connectivity index (χ1) is 8.31. The summed E-state index contributed by atoms with van der Waals surface area (Å²) in [5.74, 6) is 0. The van der Waals surface area contributed by atoms with E-state index in [1.165, 1.54) is 4.88 Å². The van der Waals surface area contributed by atoms with Crippen molar-refractivity contribution in [3.63, 3.8) is 0 Å². The molecule has 5 heteroatoms. The second kappa shape index (κ2) is 4.50. The first-order valence-electron chi connectivity index (χ1n) is 5.21. The number of benzene rings is 1. The Morgan fingerprint density at radius 2 is 2.29 bits per heavy atom. The van der Waals surface area contributed by atoms with E-state index in [0.29, 0.717) is 0 Å². The van der Waals surface area contributed by atoms with Crippen LogP contribution in [0.3, 0.4) is 0 Å². The van der Waals surface area contributed by atoms with E-state index in [-0.39, 0.29) is 0 Å². The molecule has 2 aromatic heterocycles. The van der Waals surface area contributed by atoms with Gasteiger partial charge in [0.25, 0.3) is 0 Å². The molecule has 0 amide bonds. The minimum atomic E-state index is 0.843. The van der Waals surface area contributed by atoms with Crippen LogP contribution in [0.4, 0.5) is 5.69 Å². The fourth-order valence-corrected chi connectivity index (χ4v) is 3.07. The Bertz CT molecular complexity index is 644. The molecule has 0 saturated carbocycles. The zero-order chi connectivity index (χ0) is 11.7. The lowest BCUT2D eigenvalue weighted by molar-refractivity contribution is 1.12. The van der Waals surface area contributed by atoms with E-state index >= 15 is 0 Å². The maximum Gasteiger partial charge on any atom is 0.0670 e. The predicted molar refractivity (Wildman–Crippen MR) is 75.4 cm³/mol. The number of hydrogen-bond acceptors (Lipinski definition) is 3. The van der Waals surface area contributed by atoms with Crippen molar-refractivity contribution in [2.45, 2.75) is 6.54 Å². The number of halogens is 1. The average Bonchev–Trinajstić information content (AvgIpc) is 2.94. The fraction of sp³-hybridized carbons (Fsp3) is 0.0833. The standard InChI is InChI=1S/C12H10BrN3S/c13-9-3-11(17-7-9)6-14-10-2-1-8-5-15-16-12(8)4-10/h1-5,7,14H,6H2,(H,15,16). The summed E-state index contributed by atoms with van der Waals surface area (Å²) in [6.45, 7) is 0.843. The summed E-state index contributed by atoms with van der Waals surface area (Å²) >= 11 is 5.20. The number of aromatic nitrogens is 2. The number of thiophene rings is 1. The van der Waals surface area contributed by atoms with Gasteiger partial charge in [-0.25, -0.2) is 0 Å². The summed E-state index contributed by atoms with van der Waals surface area (Å²) in [4.78, 5) is 1.31. The first kappa shape index (κ1) is 10.8. The van der Waals surface area contributed by atoms with Gasteiger partial charge in [0.2, 0.25) is 0 Å². The van der Waals surface area contributed by atoms with E-state index < -0.39 is 0 Å². The molecule has 2 N–H and O–H groups in total. The van der Waals surface area contributed by atoms with Crippen LogP contribution in [-0.2, 0) is 6.54 Å². The number of fused-ring (bicyclic) bond motifs is 1. The molecule has 0 aliphatic heterocycles. The van der Waals surface area contributed by atoms with Crippen LogP contribution in [0.2, 0.25) is 0 Å². The largest absolute Gasteiger partial charge is 0.380 e. The molecule has 0 unspecified atom stereocenters. The van der Waals surface area contributed by atoms with Crippen LogP contribution in [0.25, 0.3) is 10.9 Å². The van der Waals surface area contributed by atoms with E-state index in [1.807, 2.05) is 6.20 Å². The number of rotatable bonds is 3. The molecular weight excluding hydrogens is 298 g/mol. The number of nitrogens with one attached hydrogen (secondary N) is 2. The van der Waals surface area contributed by atoms with Gasteiger partial charge in [-0.1, -0.05) is 0 Å². The van der Waals surface area contributed by atoms with Gasteiger partial charge in [-0.15, -0.1) is 11.3 Å². The van der Waals surface area contributed by atoms with Crippen LogP contribution < -0.4 is 5.32 Å². The lowest BCUT2D eigenvalue weighted by Gasteiger charge is -2.04. The summed E-state index contributed by atoms with van der Waals surface area (Å²) in [5.41, 5.74) is 2.16. The van der Waals surface area contributed by atoms with Crippen molar-refractivity contribution >= 4 is 43.9 Å². The van der Waals surface area contributed by atoms with E-state index in [0.717, 1.165) is 27.6 Å². The molecule has 2 heterocycles. The van der Waals surface area contributed by atoms with Crippen molar-refractivity contribution < 1.29 is 0 Å². The van der Waals surface area contributed by atoms with E-state index in [1.54, 1.807) is 11.3 Å². The molecule has 3 nitrogen and oxygen atoms in total.